The first-order valence-corrected chi connectivity index (χ1v) is 12.7. The second-order valence-corrected chi connectivity index (χ2v) is 10.8. The Balaban J connectivity index is 1.51. The van der Waals surface area contributed by atoms with Gasteiger partial charge in [-0.3, -0.25) is 0 Å². The highest BCUT2D eigenvalue weighted by molar-refractivity contribution is 7.89. The van der Waals surface area contributed by atoms with E-state index in [0.717, 1.165) is 41.7 Å². The number of nitrogens with zero attached hydrogens (tertiary/aromatic N) is 5. The van der Waals surface area contributed by atoms with E-state index in [0.29, 0.717) is 31.1 Å². The lowest BCUT2D eigenvalue weighted by molar-refractivity contribution is 0.383. The number of sulfonamides is 1. The molecule has 0 unspecified atom stereocenters. The van der Waals surface area contributed by atoms with Crippen LogP contribution in [0.4, 0.5) is 11.6 Å². The molecule has 0 amide bonds. The highest BCUT2D eigenvalue weighted by Gasteiger charge is 2.31. The summed E-state index contributed by atoms with van der Waals surface area (Å²) in [5.74, 6) is 2.92. The third kappa shape index (κ3) is 4.55. The summed E-state index contributed by atoms with van der Waals surface area (Å²) in [5, 5.41) is 0. The van der Waals surface area contributed by atoms with Crippen molar-refractivity contribution in [3.8, 4) is 0 Å². The fourth-order valence-corrected chi connectivity index (χ4v) is 6.04. The van der Waals surface area contributed by atoms with E-state index in [4.69, 9.17) is 0 Å². The summed E-state index contributed by atoms with van der Waals surface area (Å²) >= 11 is 0. The van der Waals surface area contributed by atoms with Crippen LogP contribution < -0.4 is 9.80 Å². The molecule has 2 aliphatic rings. The molecule has 1 aromatic heterocycles. The Labute approximate surface area is 186 Å². The molecule has 3 heterocycles. The largest absolute Gasteiger partial charge is 0.356 e. The molecule has 2 saturated heterocycles. The van der Waals surface area contributed by atoms with Crippen molar-refractivity contribution in [3.05, 3.63) is 41.2 Å². The van der Waals surface area contributed by atoms with Crippen LogP contribution in [0, 0.1) is 13.8 Å². The summed E-state index contributed by atoms with van der Waals surface area (Å²) in [4.78, 5) is 14.2. The molecule has 2 aliphatic heterocycles. The predicted octanol–water partition coefficient (Wildman–Crippen LogP) is 3.33. The van der Waals surface area contributed by atoms with E-state index in [1.807, 2.05) is 32.0 Å². The van der Waals surface area contributed by atoms with Crippen LogP contribution in [0.25, 0.3) is 0 Å². The van der Waals surface area contributed by atoms with E-state index in [9.17, 15) is 8.42 Å². The van der Waals surface area contributed by atoms with Crippen molar-refractivity contribution in [2.45, 2.75) is 51.3 Å². The molecule has 7 nitrogen and oxygen atoms in total. The molecular weight excluding hydrogens is 410 g/mol. The minimum absolute atomic E-state index is 0.289. The fourth-order valence-electron chi connectivity index (χ4n) is 4.36. The maximum atomic E-state index is 13.4. The molecule has 0 spiro atoms. The number of aryl methyl sites for hydroxylation is 2. The van der Waals surface area contributed by atoms with Gasteiger partial charge in [0.05, 0.1) is 4.90 Å². The molecule has 31 heavy (non-hydrogen) atoms. The average molecular weight is 444 g/mol. The molecule has 0 N–H and O–H groups in total. The van der Waals surface area contributed by atoms with E-state index < -0.39 is 10.0 Å². The summed E-state index contributed by atoms with van der Waals surface area (Å²) in [6.07, 6.45) is 2.40. The summed E-state index contributed by atoms with van der Waals surface area (Å²) in [7, 11) is -3.52. The molecule has 0 bridgehead atoms. The molecule has 0 atom stereocenters. The number of benzene rings is 1. The first kappa shape index (κ1) is 22.0. The smallest absolute Gasteiger partial charge is 0.243 e. The van der Waals surface area contributed by atoms with Gasteiger partial charge in [0, 0.05) is 45.3 Å². The second-order valence-electron chi connectivity index (χ2n) is 8.90. The summed E-state index contributed by atoms with van der Waals surface area (Å²) in [6.45, 7) is 12.2. The Hall–Kier alpha value is -2.19. The zero-order chi connectivity index (χ0) is 22.2. The number of rotatable bonds is 5. The molecule has 1 aromatic carbocycles. The van der Waals surface area contributed by atoms with Gasteiger partial charge in [0.1, 0.15) is 17.5 Å². The van der Waals surface area contributed by atoms with Crippen molar-refractivity contribution in [2.75, 3.05) is 49.1 Å². The first-order chi connectivity index (χ1) is 14.8. The molecule has 0 aliphatic carbocycles. The molecule has 0 radical (unpaired) electrons. The summed E-state index contributed by atoms with van der Waals surface area (Å²) < 4.78 is 28.4. The molecule has 0 saturated carbocycles. The molecular formula is C23H33N5O2S. The van der Waals surface area contributed by atoms with E-state index in [-0.39, 0.29) is 5.92 Å². The van der Waals surface area contributed by atoms with Crippen LogP contribution >= 0.6 is 0 Å². The van der Waals surface area contributed by atoms with Gasteiger partial charge in [0.15, 0.2) is 0 Å². The number of piperazine rings is 1. The van der Waals surface area contributed by atoms with Gasteiger partial charge in [-0.25, -0.2) is 18.4 Å². The lowest BCUT2D eigenvalue weighted by atomic mass is 10.0. The van der Waals surface area contributed by atoms with Crippen molar-refractivity contribution < 1.29 is 8.42 Å². The molecule has 4 rings (SSSR count). The van der Waals surface area contributed by atoms with Gasteiger partial charge in [-0.15, -0.1) is 0 Å². The van der Waals surface area contributed by atoms with Crippen LogP contribution in [0.5, 0.6) is 0 Å². The van der Waals surface area contributed by atoms with Crippen LogP contribution in [-0.2, 0) is 10.0 Å². The van der Waals surface area contributed by atoms with Gasteiger partial charge < -0.3 is 9.80 Å². The molecule has 2 fully saturated rings. The highest BCUT2D eigenvalue weighted by atomic mass is 32.2. The van der Waals surface area contributed by atoms with Crippen LogP contribution in [0.1, 0.15) is 49.6 Å². The van der Waals surface area contributed by atoms with Gasteiger partial charge >= 0.3 is 0 Å². The van der Waals surface area contributed by atoms with E-state index >= 15 is 0 Å². The SMILES string of the molecule is Cc1nc(N2CCCC2)cc(N2CCN(S(=O)(=O)c3cc(C(C)C)ccc3C)CC2)n1. The second kappa shape index (κ2) is 8.74. The summed E-state index contributed by atoms with van der Waals surface area (Å²) in [5.41, 5.74) is 1.85. The number of anilines is 2. The quantitative estimate of drug-likeness (QED) is 0.706. The van der Waals surface area contributed by atoms with Crippen molar-refractivity contribution in [1.82, 2.24) is 14.3 Å². The van der Waals surface area contributed by atoms with Gasteiger partial charge in [-0.2, -0.15) is 4.31 Å². The Morgan fingerprint density at radius 3 is 2.00 bits per heavy atom. The number of hydrogen-bond acceptors (Lipinski definition) is 6. The summed E-state index contributed by atoms with van der Waals surface area (Å²) in [6, 6.07) is 7.84. The van der Waals surface area contributed by atoms with Crippen LogP contribution in [-0.4, -0.2) is 62.0 Å². The maximum Gasteiger partial charge on any atom is 0.243 e. The zero-order valence-electron chi connectivity index (χ0n) is 19.0. The van der Waals surface area contributed by atoms with E-state index in [1.54, 1.807) is 4.31 Å². The van der Waals surface area contributed by atoms with Gasteiger partial charge in [-0.05, 0) is 49.8 Å². The Morgan fingerprint density at radius 2 is 1.42 bits per heavy atom. The highest BCUT2D eigenvalue weighted by Crippen LogP contribution is 2.27. The van der Waals surface area contributed by atoms with Crippen molar-refractivity contribution >= 4 is 21.7 Å². The van der Waals surface area contributed by atoms with Crippen molar-refractivity contribution in [1.29, 1.82) is 0 Å². The van der Waals surface area contributed by atoms with Crippen LogP contribution in [0.15, 0.2) is 29.2 Å². The minimum Gasteiger partial charge on any atom is -0.356 e. The van der Waals surface area contributed by atoms with Gasteiger partial charge in [0.2, 0.25) is 10.0 Å². The third-order valence-corrected chi connectivity index (χ3v) is 8.34. The topological polar surface area (TPSA) is 69.6 Å². The molecule has 2 aromatic rings. The van der Waals surface area contributed by atoms with E-state index in [1.165, 1.54) is 12.8 Å². The van der Waals surface area contributed by atoms with Gasteiger partial charge in [-0.1, -0.05) is 26.0 Å². The third-order valence-electron chi connectivity index (χ3n) is 6.30. The molecule has 168 valence electrons. The van der Waals surface area contributed by atoms with Crippen LogP contribution in [0.2, 0.25) is 0 Å². The van der Waals surface area contributed by atoms with Crippen molar-refractivity contribution in [2.24, 2.45) is 0 Å². The number of hydrogen-bond donors (Lipinski definition) is 0. The fraction of sp³-hybridized carbons (Fsp3) is 0.565. The van der Waals surface area contributed by atoms with Crippen molar-refractivity contribution in [3.63, 3.8) is 0 Å². The van der Waals surface area contributed by atoms with Gasteiger partial charge in [0.25, 0.3) is 0 Å². The number of aromatic nitrogens is 2. The van der Waals surface area contributed by atoms with Crippen LogP contribution in [0.3, 0.4) is 0 Å². The first-order valence-electron chi connectivity index (χ1n) is 11.2. The Morgan fingerprint density at radius 1 is 0.839 bits per heavy atom. The Kier molecular flexibility index (Phi) is 6.21. The monoisotopic (exact) mass is 443 g/mol. The minimum atomic E-state index is -3.52. The maximum absolute atomic E-state index is 13.4. The predicted molar refractivity (Wildman–Crippen MR) is 124 cm³/mol. The zero-order valence-corrected chi connectivity index (χ0v) is 19.8. The van der Waals surface area contributed by atoms with E-state index in [2.05, 4.69) is 39.7 Å². The lowest BCUT2D eigenvalue weighted by Gasteiger charge is -2.35. The average Bonchev–Trinajstić information content (AvgIpc) is 3.28. The standard InChI is InChI=1S/C23H33N5O2S/c1-17(2)20-8-7-18(3)21(15-20)31(29,30)28-13-11-27(12-14-28)23-16-22(24-19(4)25-23)26-9-5-6-10-26/h7-8,15-17H,5-6,9-14H2,1-4H3. The lowest BCUT2D eigenvalue weighted by Crippen LogP contribution is -2.49. The normalized spacial score (nSPS) is 18.2. The molecule has 8 heteroatoms. The Bertz CT molecular complexity index is 1040.